The van der Waals surface area contributed by atoms with E-state index < -0.39 is 5.97 Å². The molecule has 0 aliphatic carbocycles. The van der Waals surface area contributed by atoms with Crippen molar-refractivity contribution >= 4 is 5.97 Å². The Morgan fingerprint density at radius 1 is 1.57 bits per heavy atom. The number of rotatable bonds is 4. The third-order valence-corrected chi connectivity index (χ3v) is 2.24. The highest BCUT2D eigenvalue weighted by Crippen LogP contribution is 2.10. The molecule has 2 N–H and O–H groups in total. The fourth-order valence-electron chi connectivity index (χ4n) is 1.37. The van der Waals surface area contributed by atoms with Gasteiger partial charge in [0, 0.05) is 24.8 Å². The maximum atomic E-state index is 10.3. The number of hydrogen-bond donors (Lipinski definition) is 2. The van der Waals surface area contributed by atoms with Crippen LogP contribution in [-0.2, 0) is 18.4 Å². The van der Waals surface area contributed by atoms with Crippen LogP contribution in [0.4, 0.5) is 0 Å². The predicted molar refractivity (Wildman–Crippen MR) is 52.0 cm³/mol. The molecule has 0 saturated heterocycles. The topological polar surface area (TPSA) is 67.2 Å². The Kier molecular flexibility index (Phi) is 3.24. The monoisotopic (exact) mass is 197 g/mol. The number of aliphatic carboxylic acids is 1. The van der Waals surface area contributed by atoms with Crippen LogP contribution < -0.4 is 5.32 Å². The van der Waals surface area contributed by atoms with E-state index in [1.807, 2.05) is 20.9 Å². The van der Waals surface area contributed by atoms with E-state index in [2.05, 4.69) is 10.4 Å². The van der Waals surface area contributed by atoms with Crippen molar-refractivity contribution in [2.75, 3.05) is 6.54 Å². The van der Waals surface area contributed by atoms with Gasteiger partial charge in [0.25, 0.3) is 0 Å². The standard InChI is InChI=1S/C9H15N3O2/c1-6-8(4-10-5-9(13)14)7(2)12(3)11-6/h10H,4-5H2,1-3H3,(H,13,14). The maximum Gasteiger partial charge on any atom is 0.317 e. The summed E-state index contributed by atoms with van der Waals surface area (Å²) in [7, 11) is 1.88. The molecule has 1 aromatic heterocycles. The Morgan fingerprint density at radius 3 is 2.64 bits per heavy atom. The summed E-state index contributed by atoms with van der Waals surface area (Å²) in [5, 5.41) is 15.5. The van der Waals surface area contributed by atoms with Gasteiger partial charge >= 0.3 is 5.97 Å². The van der Waals surface area contributed by atoms with Crippen LogP contribution in [0.2, 0.25) is 0 Å². The van der Waals surface area contributed by atoms with E-state index >= 15 is 0 Å². The third kappa shape index (κ3) is 2.32. The Labute approximate surface area is 82.7 Å². The Bertz CT molecular complexity index is 344. The number of aryl methyl sites for hydroxylation is 2. The van der Waals surface area contributed by atoms with Crippen LogP contribution in [-0.4, -0.2) is 27.4 Å². The van der Waals surface area contributed by atoms with E-state index in [0.29, 0.717) is 6.54 Å². The SMILES string of the molecule is Cc1nn(C)c(C)c1CNCC(=O)O. The van der Waals surface area contributed by atoms with Crippen molar-refractivity contribution < 1.29 is 9.90 Å². The summed E-state index contributed by atoms with van der Waals surface area (Å²) in [5.74, 6) is -0.843. The molecule has 0 aliphatic heterocycles. The minimum absolute atomic E-state index is 0.0201. The number of carboxylic acid groups (broad SMARTS) is 1. The summed E-state index contributed by atoms with van der Waals surface area (Å²) in [4.78, 5) is 10.3. The molecule has 5 heteroatoms. The molecule has 78 valence electrons. The van der Waals surface area contributed by atoms with Gasteiger partial charge in [0.1, 0.15) is 0 Å². The second kappa shape index (κ2) is 4.23. The number of nitrogens with zero attached hydrogens (tertiary/aromatic N) is 2. The number of carbonyl (C=O) groups is 1. The first-order valence-corrected chi connectivity index (χ1v) is 4.44. The van der Waals surface area contributed by atoms with Gasteiger partial charge in [0.15, 0.2) is 0 Å². The van der Waals surface area contributed by atoms with Gasteiger partial charge in [-0.25, -0.2) is 0 Å². The van der Waals surface area contributed by atoms with Gasteiger partial charge in [-0.15, -0.1) is 0 Å². The second-order valence-corrected chi connectivity index (χ2v) is 3.27. The average molecular weight is 197 g/mol. The number of hydrogen-bond acceptors (Lipinski definition) is 3. The molecule has 1 heterocycles. The highest BCUT2D eigenvalue weighted by molar-refractivity contribution is 5.69. The lowest BCUT2D eigenvalue weighted by Gasteiger charge is -2.02. The van der Waals surface area contributed by atoms with Gasteiger partial charge in [-0.1, -0.05) is 0 Å². The minimum atomic E-state index is -0.843. The van der Waals surface area contributed by atoms with Crippen LogP contribution in [0.15, 0.2) is 0 Å². The summed E-state index contributed by atoms with van der Waals surface area (Å²) >= 11 is 0. The van der Waals surface area contributed by atoms with Crippen LogP contribution in [0.3, 0.4) is 0 Å². The summed E-state index contributed by atoms with van der Waals surface area (Å²) in [6, 6.07) is 0. The van der Waals surface area contributed by atoms with Crippen molar-refractivity contribution in [3.63, 3.8) is 0 Å². The zero-order chi connectivity index (χ0) is 10.7. The van der Waals surface area contributed by atoms with Gasteiger partial charge in [0.2, 0.25) is 0 Å². The van der Waals surface area contributed by atoms with Crippen molar-refractivity contribution in [2.24, 2.45) is 7.05 Å². The summed E-state index contributed by atoms with van der Waals surface area (Å²) < 4.78 is 1.80. The number of aromatic nitrogens is 2. The average Bonchev–Trinajstić information content (AvgIpc) is 2.31. The van der Waals surface area contributed by atoms with Crippen molar-refractivity contribution in [1.82, 2.24) is 15.1 Å². The molecule has 0 saturated carbocycles. The maximum absolute atomic E-state index is 10.3. The fraction of sp³-hybridized carbons (Fsp3) is 0.556. The molecule has 0 fully saturated rings. The molecule has 0 atom stereocenters. The Morgan fingerprint density at radius 2 is 2.21 bits per heavy atom. The second-order valence-electron chi connectivity index (χ2n) is 3.27. The number of nitrogens with one attached hydrogen (secondary N) is 1. The van der Waals surface area contributed by atoms with Crippen molar-refractivity contribution in [1.29, 1.82) is 0 Å². The molecule has 14 heavy (non-hydrogen) atoms. The molecule has 0 amide bonds. The van der Waals surface area contributed by atoms with Crippen molar-refractivity contribution in [2.45, 2.75) is 20.4 Å². The Balaban J connectivity index is 2.62. The molecule has 0 radical (unpaired) electrons. The highest BCUT2D eigenvalue weighted by Gasteiger charge is 2.08. The van der Waals surface area contributed by atoms with Crippen LogP contribution in [0.5, 0.6) is 0 Å². The molecule has 0 aliphatic rings. The van der Waals surface area contributed by atoms with E-state index in [4.69, 9.17) is 5.11 Å². The van der Waals surface area contributed by atoms with Crippen LogP contribution >= 0.6 is 0 Å². The lowest BCUT2D eigenvalue weighted by Crippen LogP contribution is -2.22. The van der Waals surface area contributed by atoms with Gasteiger partial charge in [0.05, 0.1) is 12.2 Å². The summed E-state index contributed by atoms with van der Waals surface area (Å²) in [6.07, 6.45) is 0. The zero-order valence-electron chi connectivity index (χ0n) is 8.66. The fourth-order valence-corrected chi connectivity index (χ4v) is 1.37. The van der Waals surface area contributed by atoms with Crippen LogP contribution in [0.25, 0.3) is 0 Å². The highest BCUT2D eigenvalue weighted by atomic mass is 16.4. The minimum Gasteiger partial charge on any atom is -0.480 e. The first kappa shape index (κ1) is 10.7. The van der Waals surface area contributed by atoms with E-state index in [1.165, 1.54) is 0 Å². The molecule has 0 spiro atoms. The molecular weight excluding hydrogens is 182 g/mol. The molecular formula is C9H15N3O2. The van der Waals surface area contributed by atoms with Crippen LogP contribution in [0, 0.1) is 13.8 Å². The predicted octanol–water partition coefficient (Wildman–Crippen LogP) is 0.211. The van der Waals surface area contributed by atoms with Gasteiger partial charge in [-0.2, -0.15) is 5.10 Å². The zero-order valence-corrected chi connectivity index (χ0v) is 8.66. The first-order chi connectivity index (χ1) is 6.52. The molecule has 5 nitrogen and oxygen atoms in total. The van der Waals surface area contributed by atoms with Gasteiger partial charge < -0.3 is 10.4 Å². The normalized spacial score (nSPS) is 10.5. The molecule has 0 unspecified atom stereocenters. The first-order valence-electron chi connectivity index (χ1n) is 4.44. The van der Waals surface area contributed by atoms with Gasteiger partial charge in [-0.3, -0.25) is 9.48 Å². The van der Waals surface area contributed by atoms with E-state index in [9.17, 15) is 4.79 Å². The van der Waals surface area contributed by atoms with Crippen LogP contribution in [0.1, 0.15) is 17.0 Å². The largest absolute Gasteiger partial charge is 0.480 e. The smallest absolute Gasteiger partial charge is 0.317 e. The summed E-state index contributed by atoms with van der Waals surface area (Å²) in [5.41, 5.74) is 3.09. The molecule has 0 aromatic carbocycles. The lowest BCUT2D eigenvalue weighted by molar-refractivity contribution is -0.135. The van der Waals surface area contributed by atoms with Crippen molar-refractivity contribution in [3.8, 4) is 0 Å². The quantitative estimate of drug-likeness (QED) is 0.724. The van der Waals surface area contributed by atoms with Crippen molar-refractivity contribution in [3.05, 3.63) is 17.0 Å². The molecule has 1 aromatic rings. The molecule has 1 rings (SSSR count). The summed E-state index contributed by atoms with van der Waals surface area (Å²) in [6.45, 7) is 4.42. The Hall–Kier alpha value is -1.36. The van der Waals surface area contributed by atoms with Gasteiger partial charge in [-0.05, 0) is 13.8 Å². The third-order valence-electron chi connectivity index (χ3n) is 2.24. The number of carboxylic acids is 1. The van der Waals surface area contributed by atoms with E-state index in [1.54, 1.807) is 4.68 Å². The van der Waals surface area contributed by atoms with E-state index in [0.717, 1.165) is 17.0 Å². The lowest BCUT2D eigenvalue weighted by atomic mass is 10.2. The molecule has 0 bridgehead atoms. The van der Waals surface area contributed by atoms with E-state index in [-0.39, 0.29) is 6.54 Å².